The van der Waals surface area contributed by atoms with E-state index >= 15 is 0 Å². The average Bonchev–Trinajstić information content (AvgIpc) is 2.79. The summed E-state index contributed by atoms with van der Waals surface area (Å²) in [7, 11) is 0. The second kappa shape index (κ2) is 6.96. The van der Waals surface area contributed by atoms with Gasteiger partial charge in [0.05, 0.1) is 0 Å². The van der Waals surface area contributed by atoms with Gasteiger partial charge in [0.1, 0.15) is 5.82 Å². The number of rotatable bonds is 2. The molecule has 3 heterocycles. The number of aromatic nitrogens is 3. The minimum atomic E-state index is -4.51. The van der Waals surface area contributed by atoms with Crippen LogP contribution >= 0.6 is 11.8 Å². The molecule has 1 fully saturated rings. The van der Waals surface area contributed by atoms with Gasteiger partial charge in [-0.15, -0.1) is 0 Å². The summed E-state index contributed by atoms with van der Waals surface area (Å²) in [5.41, 5.74) is -0.391. The second-order valence-corrected chi connectivity index (χ2v) is 6.84. The molecule has 24 heavy (non-hydrogen) atoms. The molecular weight excluding hydrogens is 337 g/mol. The molecule has 1 saturated heterocycles. The van der Waals surface area contributed by atoms with Gasteiger partial charge < -0.3 is 4.90 Å². The first-order valence-corrected chi connectivity index (χ1v) is 8.81. The van der Waals surface area contributed by atoms with Gasteiger partial charge in [0.15, 0.2) is 11.5 Å². The maximum Gasteiger partial charge on any atom is 0.433 e. The van der Waals surface area contributed by atoms with Gasteiger partial charge in [0, 0.05) is 42.4 Å². The Balaban J connectivity index is 2.08. The van der Waals surface area contributed by atoms with Crippen molar-refractivity contribution in [3.05, 3.63) is 36.3 Å². The van der Waals surface area contributed by atoms with E-state index in [4.69, 9.17) is 0 Å². The predicted octanol–water partition coefficient (Wildman–Crippen LogP) is 3.89. The second-order valence-electron chi connectivity index (χ2n) is 5.61. The fraction of sp³-hybridized carbons (Fsp3) is 0.438. The molecule has 0 amide bonds. The highest BCUT2D eigenvalue weighted by Crippen LogP contribution is 2.32. The molecule has 4 nitrogen and oxygen atoms in total. The van der Waals surface area contributed by atoms with E-state index in [1.165, 1.54) is 12.4 Å². The predicted molar refractivity (Wildman–Crippen MR) is 89.0 cm³/mol. The van der Waals surface area contributed by atoms with Crippen LogP contribution in [0.4, 0.5) is 19.0 Å². The van der Waals surface area contributed by atoms with E-state index in [-0.39, 0.29) is 11.9 Å². The maximum atomic E-state index is 13.3. The monoisotopic (exact) mass is 354 g/mol. The number of halogens is 3. The minimum Gasteiger partial charge on any atom is -0.353 e. The van der Waals surface area contributed by atoms with Crippen LogP contribution in [0.3, 0.4) is 0 Å². The molecule has 0 saturated carbocycles. The molecule has 3 rings (SSSR count). The fourth-order valence-electron chi connectivity index (χ4n) is 2.59. The van der Waals surface area contributed by atoms with Crippen LogP contribution in [0.15, 0.2) is 30.6 Å². The Morgan fingerprint density at radius 1 is 1.17 bits per heavy atom. The molecule has 0 radical (unpaired) electrons. The van der Waals surface area contributed by atoms with Crippen molar-refractivity contribution in [3.8, 4) is 11.4 Å². The summed E-state index contributed by atoms with van der Waals surface area (Å²) < 4.78 is 39.8. The van der Waals surface area contributed by atoms with E-state index in [9.17, 15) is 13.2 Å². The summed E-state index contributed by atoms with van der Waals surface area (Å²) in [5, 5.41) is 0. The molecule has 0 N–H and O–H groups in total. The Bertz CT molecular complexity index is 693. The van der Waals surface area contributed by atoms with E-state index < -0.39 is 11.9 Å². The fourth-order valence-corrected chi connectivity index (χ4v) is 3.63. The van der Waals surface area contributed by atoms with Gasteiger partial charge in [-0.2, -0.15) is 24.9 Å². The number of anilines is 1. The highest BCUT2D eigenvalue weighted by molar-refractivity contribution is 7.99. The van der Waals surface area contributed by atoms with Crippen LogP contribution in [0.1, 0.15) is 19.0 Å². The van der Waals surface area contributed by atoms with Crippen molar-refractivity contribution >= 4 is 17.6 Å². The van der Waals surface area contributed by atoms with Crippen molar-refractivity contribution in [2.45, 2.75) is 25.6 Å². The molecule has 8 heteroatoms. The van der Waals surface area contributed by atoms with Crippen molar-refractivity contribution in [2.75, 3.05) is 23.0 Å². The van der Waals surface area contributed by atoms with Gasteiger partial charge in [-0.1, -0.05) is 0 Å². The highest BCUT2D eigenvalue weighted by atomic mass is 32.2. The first-order chi connectivity index (χ1) is 11.4. The van der Waals surface area contributed by atoms with Gasteiger partial charge in [-0.25, -0.2) is 9.97 Å². The minimum absolute atomic E-state index is 0.0753. The van der Waals surface area contributed by atoms with E-state index in [0.29, 0.717) is 17.9 Å². The summed E-state index contributed by atoms with van der Waals surface area (Å²) >= 11 is 1.81. The first-order valence-electron chi connectivity index (χ1n) is 7.66. The number of pyridine rings is 1. The summed E-state index contributed by atoms with van der Waals surface area (Å²) in [5.74, 6) is 2.29. The zero-order valence-electron chi connectivity index (χ0n) is 13.1. The number of hydrogen-bond donors (Lipinski definition) is 0. The molecule has 0 bridgehead atoms. The third-order valence-corrected chi connectivity index (χ3v) is 4.92. The van der Waals surface area contributed by atoms with E-state index in [2.05, 4.69) is 15.0 Å². The summed E-state index contributed by atoms with van der Waals surface area (Å²) in [4.78, 5) is 14.0. The number of hydrogen-bond acceptors (Lipinski definition) is 5. The van der Waals surface area contributed by atoms with Crippen molar-refractivity contribution in [2.24, 2.45) is 0 Å². The summed E-state index contributed by atoms with van der Waals surface area (Å²) in [6.45, 7) is 2.70. The summed E-state index contributed by atoms with van der Waals surface area (Å²) in [6.07, 6.45) is -0.558. The summed E-state index contributed by atoms with van der Waals surface area (Å²) in [6, 6.07) is 4.42. The van der Waals surface area contributed by atoms with Gasteiger partial charge in [0.25, 0.3) is 0 Å². The van der Waals surface area contributed by atoms with Crippen LogP contribution in [0.5, 0.6) is 0 Å². The molecule has 1 aliphatic rings. The van der Waals surface area contributed by atoms with Gasteiger partial charge in [-0.05, 0) is 31.2 Å². The largest absolute Gasteiger partial charge is 0.433 e. The molecule has 128 valence electrons. The lowest BCUT2D eigenvalue weighted by Crippen LogP contribution is -2.35. The van der Waals surface area contributed by atoms with Crippen molar-refractivity contribution in [1.82, 2.24) is 15.0 Å². The van der Waals surface area contributed by atoms with Crippen LogP contribution in [0.2, 0.25) is 0 Å². The first kappa shape index (κ1) is 17.0. The zero-order valence-corrected chi connectivity index (χ0v) is 13.9. The SMILES string of the molecule is CC1CCSCCN1c1cc(C(F)(F)F)nc(-c2ccncc2)n1. The van der Waals surface area contributed by atoms with Crippen LogP contribution in [0, 0.1) is 0 Å². The van der Waals surface area contributed by atoms with Gasteiger partial charge in [0.2, 0.25) is 0 Å². The van der Waals surface area contributed by atoms with Crippen molar-refractivity contribution < 1.29 is 13.2 Å². The molecule has 0 spiro atoms. The van der Waals surface area contributed by atoms with Gasteiger partial charge in [-0.3, -0.25) is 4.98 Å². The van der Waals surface area contributed by atoms with Crippen LogP contribution < -0.4 is 4.90 Å². The number of nitrogens with zero attached hydrogens (tertiary/aromatic N) is 4. The third-order valence-electron chi connectivity index (χ3n) is 3.92. The normalized spacial score (nSPS) is 19.2. The average molecular weight is 354 g/mol. The number of thioether (sulfide) groups is 1. The molecule has 0 aromatic carbocycles. The highest BCUT2D eigenvalue weighted by Gasteiger charge is 2.34. The molecule has 2 aromatic heterocycles. The number of alkyl halides is 3. The van der Waals surface area contributed by atoms with E-state index in [0.717, 1.165) is 24.0 Å². The smallest absolute Gasteiger partial charge is 0.353 e. The topological polar surface area (TPSA) is 41.9 Å². The quantitative estimate of drug-likeness (QED) is 0.818. The van der Waals surface area contributed by atoms with E-state index in [1.807, 2.05) is 23.6 Å². The van der Waals surface area contributed by atoms with Gasteiger partial charge >= 0.3 is 6.18 Å². The van der Waals surface area contributed by atoms with Crippen molar-refractivity contribution in [3.63, 3.8) is 0 Å². The molecule has 1 aliphatic heterocycles. The molecule has 1 atom stereocenters. The Kier molecular flexibility index (Phi) is 4.93. The lowest BCUT2D eigenvalue weighted by molar-refractivity contribution is -0.141. The third kappa shape index (κ3) is 3.80. The van der Waals surface area contributed by atoms with Crippen molar-refractivity contribution in [1.29, 1.82) is 0 Å². The zero-order chi connectivity index (χ0) is 17.2. The van der Waals surface area contributed by atoms with Crippen LogP contribution in [0.25, 0.3) is 11.4 Å². The van der Waals surface area contributed by atoms with E-state index in [1.54, 1.807) is 12.1 Å². The Hall–Kier alpha value is -1.83. The Morgan fingerprint density at radius 3 is 2.62 bits per heavy atom. The Labute approximate surface area is 142 Å². The lowest BCUT2D eigenvalue weighted by atomic mass is 10.2. The lowest BCUT2D eigenvalue weighted by Gasteiger charge is -2.28. The standard InChI is InChI=1S/C16H17F3N4S/c1-11-4-8-24-9-7-23(11)14-10-13(16(17,18)19)21-15(22-14)12-2-5-20-6-3-12/h2-3,5-6,10-11H,4,7-9H2,1H3. The van der Waals surface area contributed by atoms with Crippen LogP contribution in [-0.4, -0.2) is 39.0 Å². The Morgan fingerprint density at radius 2 is 1.92 bits per heavy atom. The molecule has 2 aromatic rings. The molecular formula is C16H17F3N4S. The molecule has 1 unspecified atom stereocenters. The maximum absolute atomic E-state index is 13.3. The van der Waals surface area contributed by atoms with Crippen LogP contribution in [-0.2, 0) is 6.18 Å². The molecule has 0 aliphatic carbocycles.